The number of hydrogen-bond donors (Lipinski definition) is 10. The number of carbonyl (C=O) groups excluding carboxylic acids is 11. The molecule has 14 rings (SSSR count). The monoisotopic (exact) mass is 1690 g/mol. The van der Waals surface area contributed by atoms with Crippen molar-refractivity contribution in [2.75, 3.05) is 111 Å². The Morgan fingerprint density at radius 2 is 0.934 bits per heavy atom. The first kappa shape index (κ1) is 87.5. The van der Waals surface area contributed by atoms with Crippen LogP contribution < -0.4 is 58.1 Å². The number of H-pyrrole nitrogens is 2. The number of alkyl halides is 6. The number of benzene rings is 4. The Labute approximate surface area is 685 Å². The summed E-state index contributed by atoms with van der Waals surface area (Å²) in [4.78, 5) is 189. The van der Waals surface area contributed by atoms with E-state index in [0.717, 1.165) is 21.6 Å². The van der Waals surface area contributed by atoms with Crippen LogP contribution in [0.2, 0.25) is 0 Å². The van der Waals surface area contributed by atoms with Crippen LogP contribution in [0.1, 0.15) is 163 Å². The number of aliphatic carboxylic acids is 1. The number of aromatic nitrogens is 2. The first-order valence-corrected chi connectivity index (χ1v) is 38.9. The van der Waals surface area contributed by atoms with Gasteiger partial charge >= 0.3 is 18.3 Å². The third-order valence-electron chi connectivity index (χ3n) is 22.6. The molecule has 0 spiro atoms. The lowest BCUT2D eigenvalue weighted by Crippen LogP contribution is -2.55. The maximum Gasteiger partial charge on any atom is 0.417 e. The third-order valence-corrected chi connectivity index (χ3v) is 22.6. The molecule has 6 atom stereocenters. The van der Waals surface area contributed by atoms with Crippen LogP contribution in [0.25, 0.3) is 11.1 Å². The summed E-state index contributed by atoms with van der Waals surface area (Å²) < 4.78 is 114. The second-order valence-electron chi connectivity index (χ2n) is 30.5. The van der Waals surface area contributed by atoms with Crippen LogP contribution in [-0.2, 0) is 41.1 Å². The first-order chi connectivity index (χ1) is 57.3. The van der Waals surface area contributed by atoms with Crippen molar-refractivity contribution in [2.24, 2.45) is 0 Å². The first-order valence-electron chi connectivity index (χ1n) is 38.9. The number of nitrogens with one attached hydrogen (secondary N) is 9. The van der Waals surface area contributed by atoms with E-state index in [1.54, 1.807) is 35.2 Å². The Balaban J connectivity index is 0.000000185. The number of nitrogens with zero attached hydrogens (tertiary/aromatic N) is 7. The van der Waals surface area contributed by atoms with E-state index < -0.39 is 134 Å². The fraction of sp³-hybridized carbons (Fsp3) is 0.390. The molecule has 4 saturated heterocycles. The molecule has 31 nitrogen and oxygen atoms in total. The van der Waals surface area contributed by atoms with Gasteiger partial charge in [-0.25, -0.2) is 8.78 Å². The molecular formula is C82H86F8N16O15. The van der Waals surface area contributed by atoms with Crippen molar-refractivity contribution in [2.45, 2.75) is 128 Å². The molecule has 10 N–H and O–H groups in total. The quantitative estimate of drug-likeness (QED) is 0.0294. The second kappa shape index (κ2) is 36.0. The maximum absolute atomic E-state index is 16.1. The van der Waals surface area contributed by atoms with Gasteiger partial charge in [-0.1, -0.05) is 24.3 Å². The lowest BCUT2D eigenvalue weighted by Gasteiger charge is -2.44. The number of halogens is 8. The van der Waals surface area contributed by atoms with Crippen LogP contribution in [0.3, 0.4) is 0 Å². The predicted octanol–water partition coefficient (Wildman–Crippen LogP) is 7.50. The molecule has 0 aliphatic carbocycles. The number of piperazine rings is 2. The summed E-state index contributed by atoms with van der Waals surface area (Å²) in [7, 11) is 3.95. The van der Waals surface area contributed by atoms with E-state index in [0.29, 0.717) is 92.2 Å². The molecule has 39 heteroatoms. The van der Waals surface area contributed by atoms with E-state index in [2.05, 4.69) is 57.0 Å². The summed E-state index contributed by atoms with van der Waals surface area (Å²) in [5.74, 6) is -9.46. The Bertz CT molecular complexity index is 5390. The van der Waals surface area contributed by atoms with E-state index in [1.807, 2.05) is 57.7 Å². The third kappa shape index (κ3) is 19.1. The van der Waals surface area contributed by atoms with E-state index in [1.165, 1.54) is 36.4 Å². The summed E-state index contributed by atoms with van der Waals surface area (Å²) in [5.41, 5.74) is -2.65. The van der Waals surface area contributed by atoms with Gasteiger partial charge in [0, 0.05) is 149 Å². The van der Waals surface area contributed by atoms with Crippen LogP contribution >= 0.6 is 0 Å². The summed E-state index contributed by atoms with van der Waals surface area (Å²) in [6, 6.07) is 13.5. The second-order valence-corrected chi connectivity index (χ2v) is 30.5. The molecule has 0 radical (unpaired) electrons. The summed E-state index contributed by atoms with van der Waals surface area (Å²) in [6.07, 6.45) is -4.20. The number of carboxylic acids is 1. The molecule has 8 aliphatic rings. The number of pyridine rings is 2. The van der Waals surface area contributed by atoms with Crippen LogP contribution in [0.5, 0.6) is 0 Å². The van der Waals surface area contributed by atoms with Crippen molar-refractivity contribution in [3.8, 4) is 0 Å². The molecular weight excluding hydrogens is 1600 g/mol. The van der Waals surface area contributed by atoms with Crippen molar-refractivity contribution in [1.82, 2.24) is 50.4 Å². The predicted molar refractivity (Wildman–Crippen MR) is 425 cm³/mol. The number of anilines is 6. The zero-order chi connectivity index (χ0) is 87.5. The zero-order valence-electron chi connectivity index (χ0n) is 66.2. The molecule has 4 aromatic carbocycles. The highest BCUT2D eigenvalue weighted by atomic mass is 19.4. The molecule has 640 valence electrons. The number of imide groups is 4. The minimum Gasteiger partial charge on any atom is -0.481 e. The smallest absolute Gasteiger partial charge is 0.417 e. The number of amides is 11. The fourth-order valence-electron chi connectivity index (χ4n) is 15.8. The topological polar surface area (TPSA) is 398 Å². The largest absolute Gasteiger partial charge is 0.481 e. The molecule has 10 heterocycles. The molecule has 2 aromatic heterocycles. The van der Waals surface area contributed by atoms with E-state index in [-0.39, 0.29) is 146 Å². The molecule has 6 aromatic rings. The Kier molecular flexibility index (Phi) is 26.1. The van der Waals surface area contributed by atoms with Crippen LogP contribution in [0, 0.1) is 11.6 Å². The van der Waals surface area contributed by atoms with Crippen molar-refractivity contribution in [1.29, 1.82) is 0 Å². The van der Waals surface area contributed by atoms with Gasteiger partial charge in [0.2, 0.25) is 40.7 Å². The van der Waals surface area contributed by atoms with E-state index >= 15 is 8.78 Å². The van der Waals surface area contributed by atoms with Crippen molar-refractivity contribution in [3.63, 3.8) is 0 Å². The van der Waals surface area contributed by atoms with Gasteiger partial charge in [-0.15, -0.1) is 0 Å². The number of likely N-dealkylation sites (N-methyl/N-ethyl adjacent to an activating group) is 2. The maximum atomic E-state index is 16.1. The van der Waals surface area contributed by atoms with Gasteiger partial charge in [-0.05, 0) is 134 Å². The SMILES string of the molecule is C[C@@H]1CN(c2cc(F)c(C3=CCN(C(=O)CCNc4cccc5c4C(=O)N(C4CCC(=O)NC4=O)C5=O)CC3)cc2NC(=O)c2c[nH]c(=O)cc2C(F)(F)F)C[C@H](C)N1C.C[C@@H]1CN(c2cc(F)c(C3=CCNCC3)cc2NC(=O)c2c[nH]c(=O)cc2C(F)(F)F)C[C@H](C)N1C.O=C(O)CCNc1cccc2c1C(=O)N(C1CCC(=O)NC1=O)C2=O. The van der Waals surface area contributed by atoms with Gasteiger partial charge < -0.3 is 56.4 Å². The van der Waals surface area contributed by atoms with Crippen LogP contribution in [0.4, 0.5) is 69.2 Å². The van der Waals surface area contributed by atoms with Crippen molar-refractivity contribution >= 4 is 116 Å². The van der Waals surface area contributed by atoms with Gasteiger partial charge in [-0.2, -0.15) is 26.3 Å². The van der Waals surface area contributed by atoms with Crippen molar-refractivity contribution < 1.29 is 97.8 Å². The number of carboxylic acid groups (broad SMARTS) is 1. The Morgan fingerprint density at radius 3 is 1.31 bits per heavy atom. The molecule has 11 amide bonds. The average Bonchev–Trinajstić information content (AvgIpc) is 1.63. The molecule has 0 bridgehead atoms. The number of hydrogen-bond acceptors (Lipinski definition) is 21. The highest BCUT2D eigenvalue weighted by Crippen LogP contribution is 2.42. The molecule has 2 unspecified atom stereocenters. The molecule has 0 saturated carbocycles. The highest BCUT2D eigenvalue weighted by molar-refractivity contribution is 6.27. The number of rotatable bonds is 18. The number of fused-ring (bicyclic) bond motifs is 2. The minimum atomic E-state index is -5.01. The standard InChI is InChI=1S/C41H42F4N8O7.C25H29F4N5O2.C16H15N3O6/c1-21-19-52(20-22(2)50(21)3)32-17-28(42)25(15-30(32)48-37(57)26-18-47-34(55)16-27(26)41(43,44)45)23-10-13-51(14-11-23)35(56)9-12-46-29-6-4-5-24-36(29)40(60)53(39(24)59)31-7-8-33(54)49-38(31)58;1-14-12-34(13-15(2)33(14)3)22-10-20(26)17(16-4-6-30-7-5-16)8-21(22)32-24(36)18-11-31-23(35)9-19(18)25(27,28)29;20-11-5-4-10(14(23)18-11)19-15(24)8-2-1-3-9(13(8)16(19)25)17-7-6-12(21)22/h4-6,10,15-18,21-22,31,46H,7-9,11-14,19-20H2,1-3H3,(H,47,55)(H,48,57)(H,49,54,58);4,8-11,14-15,30H,5-7,12-13H2,1-3H3,(H,31,35)(H,32,36);1-3,10,17H,4-7H2,(H,21,22)(H,18,20,23)/t21-,22+,31?;14-,15+;. The lowest BCUT2D eigenvalue weighted by molar-refractivity contribution is -0.138. The molecule has 4 fully saturated rings. The highest BCUT2D eigenvalue weighted by Gasteiger charge is 2.48. The lowest BCUT2D eigenvalue weighted by atomic mass is 9.96. The molecule has 8 aliphatic heterocycles. The summed E-state index contributed by atoms with van der Waals surface area (Å²) in [5, 5.41) is 27.2. The Hall–Kier alpha value is -12.8. The fourth-order valence-corrected chi connectivity index (χ4v) is 15.8. The van der Waals surface area contributed by atoms with Crippen LogP contribution in [-0.4, -0.2) is 226 Å². The number of aromatic amines is 2. The van der Waals surface area contributed by atoms with Gasteiger partial charge in [0.15, 0.2) is 0 Å². The summed E-state index contributed by atoms with van der Waals surface area (Å²) >= 11 is 0. The van der Waals surface area contributed by atoms with Gasteiger partial charge in [0.05, 0.1) is 73.7 Å². The van der Waals surface area contributed by atoms with E-state index in [4.69, 9.17) is 5.11 Å². The van der Waals surface area contributed by atoms with Crippen molar-refractivity contribution in [3.05, 3.63) is 185 Å². The van der Waals surface area contributed by atoms with Crippen LogP contribution in [0.15, 0.2) is 107 Å². The Morgan fingerprint density at radius 1 is 0.512 bits per heavy atom. The normalized spacial score (nSPS) is 20.9. The molecule has 121 heavy (non-hydrogen) atoms. The van der Waals surface area contributed by atoms with Gasteiger partial charge in [0.25, 0.3) is 35.4 Å². The van der Waals surface area contributed by atoms with Gasteiger partial charge in [-0.3, -0.25) is 97.4 Å². The summed E-state index contributed by atoms with van der Waals surface area (Å²) in [6.45, 7) is 11.7. The van der Waals surface area contributed by atoms with E-state index in [9.17, 15) is 93.5 Å². The number of piperidine rings is 2. The average molecular weight is 1690 g/mol. The minimum absolute atomic E-state index is 0.00864. The number of carbonyl (C=O) groups is 12. The zero-order valence-corrected chi connectivity index (χ0v) is 66.2. The van der Waals surface area contributed by atoms with Gasteiger partial charge in [0.1, 0.15) is 23.7 Å².